The van der Waals surface area contributed by atoms with Crippen LogP contribution in [0.4, 0.5) is 10.1 Å². The van der Waals surface area contributed by atoms with Crippen molar-refractivity contribution in [3.05, 3.63) is 29.6 Å². The van der Waals surface area contributed by atoms with Crippen molar-refractivity contribution in [3.8, 4) is 0 Å². The van der Waals surface area contributed by atoms with E-state index in [1.807, 2.05) is 13.8 Å². The number of hydrogen-bond donors (Lipinski definition) is 2. The number of carbonyl (C=O) groups excluding carboxylic acids is 1. The molecule has 4 nitrogen and oxygen atoms in total. The first-order valence-electron chi connectivity index (χ1n) is 4.98. The molecule has 0 unspecified atom stereocenters. The summed E-state index contributed by atoms with van der Waals surface area (Å²) in [4.78, 5) is 16.5. The van der Waals surface area contributed by atoms with Gasteiger partial charge in [-0.3, -0.25) is 9.63 Å². The molecule has 1 aromatic rings. The summed E-state index contributed by atoms with van der Waals surface area (Å²) in [7, 11) is 0. The van der Waals surface area contributed by atoms with Gasteiger partial charge in [0.05, 0.1) is 12.2 Å². The van der Waals surface area contributed by atoms with Crippen LogP contribution >= 0.6 is 0 Å². The first-order valence-corrected chi connectivity index (χ1v) is 4.98. The summed E-state index contributed by atoms with van der Waals surface area (Å²) < 4.78 is 12.7. The Morgan fingerprint density at radius 1 is 1.56 bits per heavy atom. The molecule has 1 amide bonds. The fraction of sp³-hybridized carbons (Fsp3) is 0.364. The van der Waals surface area contributed by atoms with Crippen molar-refractivity contribution in [1.29, 1.82) is 0 Å². The summed E-state index contributed by atoms with van der Waals surface area (Å²) in [5.74, 6) is -0.638. The standard InChI is InChI=1S/C11H15FN2O2/c1-7(2)6-16-14-11(15)9-4-3-8(12)5-10(9)13/h3-5,7H,6,13H2,1-2H3,(H,14,15). The van der Waals surface area contributed by atoms with Gasteiger partial charge in [0.1, 0.15) is 5.82 Å². The average molecular weight is 226 g/mol. The number of hydroxylamine groups is 1. The molecule has 3 N–H and O–H groups in total. The number of nitrogens with two attached hydrogens (primary N) is 1. The summed E-state index contributed by atoms with van der Waals surface area (Å²) in [5, 5.41) is 0. The van der Waals surface area contributed by atoms with E-state index in [2.05, 4.69) is 5.48 Å². The fourth-order valence-electron chi connectivity index (χ4n) is 1.07. The molecule has 0 saturated heterocycles. The van der Waals surface area contributed by atoms with Gasteiger partial charge >= 0.3 is 0 Å². The lowest BCUT2D eigenvalue weighted by molar-refractivity contribution is 0.0209. The molecular formula is C11H15FN2O2. The second-order valence-electron chi connectivity index (χ2n) is 3.87. The van der Waals surface area contributed by atoms with Crippen LogP contribution in [0.5, 0.6) is 0 Å². The van der Waals surface area contributed by atoms with E-state index in [1.165, 1.54) is 12.1 Å². The Balaban J connectivity index is 2.59. The van der Waals surface area contributed by atoms with Crippen molar-refractivity contribution < 1.29 is 14.0 Å². The van der Waals surface area contributed by atoms with Gasteiger partial charge in [0.15, 0.2) is 0 Å². The lowest BCUT2D eigenvalue weighted by Gasteiger charge is -2.09. The quantitative estimate of drug-likeness (QED) is 0.607. The zero-order valence-corrected chi connectivity index (χ0v) is 9.29. The third-order valence-corrected chi connectivity index (χ3v) is 1.84. The molecule has 0 radical (unpaired) electrons. The smallest absolute Gasteiger partial charge is 0.276 e. The molecule has 0 heterocycles. The molecular weight excluding hydrogens is 211 g/mol. The van der Waals surface area contributed by atoms with Crippen molar-refractivity contribution in [3.63, 3.8) is 0 Å². The van der Waals surface area contributed by atoms with Gasteiger partial charge in [-0.15, -0.1) is 0 Å². The number of anilines is 1. The molecule has 16 heavy (non-hydrogen) atoms. The highest BCUT2D eigenvalue weighted by Gasteiger charge is 2.10. The van der Waals surface area contributed by atoms with Crippen LogP contribution in [0.15, 0.2) is 18.2 Å². The van der Waals surface area contributed by atoms with Crippen LogP contribution in [0.25, 0.3) is 0 Å². The molecule has 0 aliphatic rings. The lowest BCUT2D eigenvalue weighted by atomic mass is 10.1. The predicted molar refractivity (Wildman–Crippen MR) is 59.1 cm³/mol. The van der Waals surface area contributed by atoms with Gasteiger partial charge in [-0.2, -0.15) is 0 Å². The zero-order chi connectivity index (χ0) is 12.1. The highest BCUT2D eigenvalue weighted by molar-refractivity contribution is 5.98. The second-order valence-corrected chi connectivity index (χ2v) is 3.87. The van der Waals surface area contributed by atoms with E-state index in [1.54, 1.807) is 0 Å². The Morgan fingerprint density at radius 2 is 2.25 bits per heavy atom. The molecule has 0 atom stereocenters. The van der Waals surface area contributed by atoms with E-state index in [9.17, 15) is 9.18 Å². The van der Waals surface area contributed by atoms with Gasteiger partial charge in [-0.1, -0.05) is 13.8 Å². The molecule has 0 aliphatic heterocycles. The van der Waals surface area contributed by atoms with E-state index >= 15 is 0 Å². The lowest BCUT2D eigenvalue weighted by Crippen LogP contribution is -2.26. The number of amides is 1. The van der Waals surface area contributed by atoms with Crippen LogP contribution in [0.3, 0.4) is 0 Å². The van der Waals surface area contributed by atoms with Crippen LogP contribution in [-0.2, 0) is 4.84 Å². The predicted octanol–water partition coefficient (Wildman–Crippen LogP) is 1.73. The molecule has 1 rings (SSSR count). The Bertz CT molecular complexity index is 380. The summed E-state index contributed by atoms with van der Waals surface area (Å²) in [6.07, 6.45) is 0. The minimum absolute atomic E-state index is 0.0886. The number of benzene rings is 1. The summed E-state index contributed by atoms with van der Waals surface area (Å²) in [6.45, 7) is 4.32. The monoisotopic (exact) mass is 226 g/mol. The SMILES string of the molecule is CC(C)CONC(=O)c1ccc(F)cc1N. The van der Waals surface area contributed by atoms with Gasteiger partial charge in [0.2, 0.25) is 0 Å². The van der Waals surface area contributed by atoms with Crippen LogP contribution in [0.1, 0.15) is 24.2 Å². The maximum absolute atomic E-state index is 12.7. The normalized spacial score (nSPS) is 10.5. The van der Waals surface area contributed by atoms with E-state index in [4.69, 9.17) is 10.6 Å². The summed E-state index contributed by atoms with van der Waals surface area (Å²) in [6, 6.07) is 3.59. The van der Waals surface area contributed by atoms with E-state index in [0.29, 0.717) is 12.5 Å². The highest BCUT2D eigenvalue weighted by Crippen LogP contribution is 2.13. The number of rotatable bonds is 4. The van der Waals surface area contributed by atoms with Gasteiger partial charge in [-0.25, -0.2) is 9.87 Å². The molecule has 0 spiro atoms. The van der Waals surface area contributed by atoms with Crippen molar-refractivity contribution in [2.45, 2.75) is 13.8 Å². The Morgan fingerprint density at radius 3 is 2.81 bits per heavy atom. The van der Waals surface area contributed by atoms with Crippen LogP contribution < -0.4 is 11.2 Å². The average Bonchev–Trinajstić information content (AvgIpc) is 2.16. The van der Waals surface area contributed by atoms with Gasteiger partial charge < -0.3 is 5.73 Å². The van der Waals surface area contributed by atoms with Crippen LogP contribution in [0.2, 0.25) is 0 Å². The van der Waals surface area contributed by atoms with E-state index < -0.39 is 11.7 Å². The Hall–Kier alpha value is -1.62. The van der Waals surface area contributed by atoms with Gasteiger partial charge in [0.25, 0.3) is 5.91 Å². The fourth-order valence-corrected chi connectivity index (χ4v) is 1.07. The van der Waals surface area contributed by atoms with Crippen LogP contribution in [-0.4, -0.2) is 12.5 Å². The maximum Gasteiger partial charge on any atom is 0.276 e. The number of hydrogen-bond acceptors (Lipinski definition) is 3. The topological polar surface area (TPSA) is 64.3 Å². The minimum Gasteiger partial charge on any atom is -0.398 e. The van der Waals surface area contributed by atoms with Gasteiger partial charge in [-0.05, 0) is 24.1 Å². The van der Waals surface area contributed by atoms with Crippen molar-refractivity contribution >= 4 is 11.6 Å². The number of carbonyl (C=O) groups is 1. The van der Waals surface area contributed by atoms with E-state index in [-0.39, 0.29) is 11.3 Å². The first-order chi connectivity index (χ1) is 7.50. The molecule has 0 fully saturated rings. The molecule has 0 aliphatic carbocycles. The summed E-state index contributed by atoms with van der Waals surface area (Å²) in [5.41, 5.74) is 8.03. The molecule has 88 valence electrons. The van der Waals surface area contributed by atoms with Crippen molar-refractivity contribution in [2.75, 3.05) is 12.3 Å². The second kappa shape index (κ2) is 5.46. The molecule has 0 saturated carbocycles. The van der Waals surface area contributed by atoms with Crippen molar-refractivity contribution in [1.82, 2.24) is 5.48 Å². The van der Waals surface area contributed by atoms with Crippen molar-refractivity contribution in [2.24, 2.45) is 5.92 Å². The van der Waals surface area contributed by atoms with E-state index in [0.717, 1.165) is 6.07 Å². The van der Waals surface area contributed by atoms with Crippen LogP contribution in [0, 0.1) is 11.7 Å². The molecule has 5 heteroatoms. The highest BCUT2D eigenvalue weighted by atomic mass is 19.1. The zero-order valence-electron chi connectivity index (χ0n) is 9.29. The molecule has 0 bridgehead atoms. The first kappa shape index (κ1) is 12.4. The number of nitrogens with one attached hydrogen (secondary N) is 1. The summed E-state index contributed by atoms with van der Waals surface area (Å²) >= 11 is 0. The minimum atomic E-state index is -0.475. The third kappa shape index (κ3) is 3.51. The molecule has 1 aromatic carbocycles. The maximum atomic E-state index is 12.7. The molecule has 0 aromatic heterocycles. The van der Waals surface area contributed by atoms with Gasteiger partial charge in [0, 0.05) is 5.69 Å². The Labute approximate surface area is 93.5 Å². The third-order valence-electron chi connectivity index (χ3n) is 1.84. The number of nitrogen functional groups attached to an aromatic ring is 1. The Kier molecular flexibility index (Phi) is 4.25. The number of halogens is 1. The largest absolute Gasteiger partial charge is 0.398 e.